The van der Waals surface area contributed by atoms with Crippen LogP contribution in [0, 0.1) is 0 Å². The highest BCUT2D eigenvalue weighted by Crippen LogP contribution is 2.48. The zero-order chi connectivity index (χ0) is 15.4. The number of benzene rings is 1. The Hall–Kier alpha value is -0.340. The molecule has 1 heterocycles. The molecule has 0 bridgehead atoms. The lowest BCUT2D eigenvalue weighted by Crippen LogP contribution is -2.43. The van der Waals surface area contributed by atoms with E-state index in [-0.39, 0.29) is 29.4 Å². The summed E-state index contributed by atoms with van der Waals surface area (Å²) >= 11 is 3.57. The van der Waals surface area contributed by atoms with E-state index in [0.29, 0.717) is 6.10 Å². The first-order chi connectivity index (χ1) is 10.7. The molecule has 1 atom stereocenters. The SMILES string of the molecule is CN=C(NCC1CCCO1)NCC1(c2cccc(Br)c2)CC1.I. The molecule has 1 aliphatic carbocycles. The molecule has 0 amide bonds. The van der Waals surface area contributed by atoms with Crippen LogP contribution in [0.2, 0.25) is 0 Å². The van der Waals surface area contributed by atoms with E-state index in [0.717, 1.165) is 36.5 Å². The van der Waals surface area contributed by atoms with E-state index in [9.17, 15) is 0 Å². The summed E-state index contributed by atoms with van der Waals surface area (Å²) in [6.45, 7) is 2.66. The average Bonchev–Trinajstić information content (AvgIpc) is 3.14. The van der Waals surface area contributed by atoms with Crippen molar-refractivity contribution in [1.82, 2.24) is 10.6 Å². The fourth-order valence-corrected chi connectivity index (χ4v) is 3.43. The largest absolute Gasteiger partial charge is 0.376 e. The van der Waals surface area contributed by atoms with Gasteiger partial charge < -0.3 is 15.4 Å². The Balaban J connectivity index is 0.00000192. The van der Waals surface area contributed by atoms with Crippen molar-refractivity contribution in [3.8, 4) is 0 Å². The second-order valence-electron chi connectivity index (χ2n) is 6.23. The van der Waals surface area contributed by atoms with E-state index >= 15 is 0 Å². The van der Waals surface area contributed by atoms with Gasteiger partial charge in [0.2, 0.25) is 0 Å². The minimum atomic E-state index is 0. The van der Waals surface area contributed by atoms with Crippen molar-refractivity contribution in [1.29, 1.82) is 0 Å². The number of nitrogens with zero attached hydrogens (tertiary/aromatic N) is 1. The molecule has 1 aromatic carbocycles. The second kappa shape index (κ2) is 8.67. The minimum Gasteiger partial charge on any atom is -0.376 e. The summed E-state index contributed by atoms with van der Waals surface area (Å²) in [7, 11) is 1.82. The Morgan fingerprint density at radius 3 is 2.83 bits per heavy atom. The lowest BCUT2D eigenvalue weighted by atomic mass is 9.96. The third-order valence-corrected chi connectivity index (χ3v) is 5.12. The molecule has 3 rings (SSSR count). The topological polar surface area (TPSA) is 45.7 Å². The standard InChI is InChI=1S/C17H24BrN3O.HI/c1-19-16(20-11-15-6-3-9-22-15)21-12-17(7-8-17)13-4-2-5-14(18)10-13;/h2,4-5,10,15H,3,6-9,11-12H2,1H3,(H2,19,20,21);1H. The van der Waals surface area contributed by atoms with Crippen molar-refractivity contribution >= 4 is 45.9 Å². The molecular weight excluding hydrogens is 469 g/mol. The highest BCUT2D eigenvalue weighted by atomic mass is 127. The zero-order valence-corrected chi connectivity index (χ0v) is 17.4. The number of nitrogens with one attached hydrogen (secondary N) is 2. The second-order valence-corrected chi connectivity index (χ2v) is 7.15. The fraction of sp³-hybridized carbons (Fsp3) is 0.588. The number of aliphatic imine (C=N–C) groups is 1. The summed E-state index contributed by atoms with van der Waals surface area (Å²) < 4.78 is 6.79. The van der Waals surface area contributed by atoms with Gasteiger partial charge >= 0.3 is 0 Å². The van der Waals surface area contributed by atoms with Gasteiger partial charge in [-0.2, -0.15) is 0 Å². The van der Waals surface area contributed by atoms with Crippen molar-refractivity contribution in [3.63, 3.8) is 0 Å². The van der Waals surface area contributed by atoms with Crippen molar-refractivity contribution < 1.29 is 4.74 Å². The van der Waals surface area contributed by atoms with Crippen LogP contribution >= 0.6 is 39.9 Å². The first kappa shape index (κ1) is 19.0. The van der Waals surface area contributed by atoms with Gasteiger partial charge in [-0.25, -0.2) is 0 Å². The van der Waals surface area contributed by atoms with E-state index in [2.05, 4.69) is 55.8 Å². The van der Waals surface area contributed by atoms with Gasteiger partial charge in [-0.1, -0.05) is 28.1 Å². The fourth-order valence-electron chi connectivity index (χ4n) is 3.03. The smallest absolute Gasteiger partial charge is 0.191 e. The molecule has 1 saturated carbocycles. The summed E-state index contributed by atoms with van der Waals surface area (Å²) in [5.41, 5.74) is 1.68. The van der Waals surface area contributed by atoms with Gasteiger partial charge in [0.05, 0.1) is 6.10 Å². The Labute approximate surface area is 164 Å². The number of hydrogen-bond donors (Lipinski definition) is 2. The lowest BCUT2D eigenvalue weighted by molar-refractivity contribution is 0.114. The molecule has 4 nitrogen and oxygen atoms in total. The summed E-state index contributed by atoms with van der Waals surface area (Å²) in [6, 6.07) is 8.65. The summed E-state index contributed by atoms with van der Waals surface area (Å²) in [6.07, 6.45) is 5.12. The number of guanidine groups is 1. The monoisotopic (exact) mass is 493 g/mol. The maximum absolute atomic E-state index is 5.64. The molecule has 2 aliphatic rings. The van der Waals surface area contributed by atoms with Gasteiger partial charge in [0.1, 0.15) is 0 Å². The quantitative estimate of drug-likeness (QED) is 0.375. The molecular formula is C17H25BrIN3O. The van der Waals surface area contributed by atoms with Gasteiger partial charge in [-0.15, -0.1) is 24.0 Å². The van der Waals surface area contributed by atoms with Crippen molar-refractivity contribution in [2.24, 2.45) is 4.99 Å². The van der Waals surface area contributed by atoms with Crippen LogP contribution in [0.15, 0.2) is 33.7 Å². The van der Waals surface area contributed by atoms with E-state index in [4.69, 9.17) is 4.74 Å². The normalized spacial score (nSPS) is 22.3. The number of rotatable bonds is 5. The first-order valence-corrected chi connectivity index (χ1v) is 8.83. The lowest BCUT2D eigenvalue weighted by Gasteiger charge is -2.20. The molecule has 23 heavy (non-hydrogen) atoms. The predicted octanol–water partition coefficient (Wildman–Crippen LogP) is 3.44. The predicted molar refractivity (Wildman–Crippen MR) is 109 cm³/mol. The summed E-state index contributed by atoms with van der Waals surface area (Å²) in [4.78, 5) is 4.32. The first-order valence-electron chi connectivity index (χ1n) is 8.04. The van der Waals surface area contributed by atoms with Crippen LogP contribution in [0.3, 0.4) is 0 Å². The van der Waals surface area contributed by atoms with E-state index in [1.807, 2.05) is 7.05 Å². The molecule has 1 aromatic rings. The van der Waals surface area contributed by atoms with Gasteiger partial charge in [0.25, 0.3) is 0 Å². The van der Waals surface area contributed by atoms with Crippen LogP contribution in [0.5, 0.6) is 0 Å². The van der Waals surface area contributed by atoms with E-state index < -0.39 is 0 Å². The third kappa shape index (κ3) is 5.06. The Morgan fingerprint density at radius 1 is 1.39 bits per heavy atom. The maximum atomic E-state index is 5.64. The molecule has 0 aromatic heterocycles. The summed E-state index contributed by atoms with van der Waals surface area (Å²) in [5.74, 6) is 0.872. The zero-order valence-electron chi connectivity index (χ0n) is 13.5. The number of halogens is 2. The Kier molecular flexibility index (Phi) is 7.16. The number of ether oxygens (including phenoxy) is 1. The minimum absolute atomic E-state index is 0. The van der Waals surface area contributed by atoms with Gasteiger partial charge in [-0.3, -0.25) is 4.99 Å². The van der Waals surface area contributed by atoms with E-state index in [1.54, 1.807) is 0 Å². The highest BCUT2D eigenvalue weighted by molar-refractivity contribution is 14.0. The van der Waals surface area contributed by atoms with Crippen molar-refractivity contribution in [3.05, 3.63) is 34.3 Å². The van der Waals surface area contributed by atoms with Gasteiger partial charge in [-0.05, 0) is 43.4 Å². The van der Waals surface area contributed by atoms with Crippen molar-refractivity contribution in [2.45, 2.75) is 37.2 Å². The molecule has 1 saturated heterocycles. The Morgan fingerprint density at radius 2 is 2.22 bits per heavy atom. The molecule has 1 unspecified atom stereocenters. The van der Waals surface area contributed by atoms with Crippen molar-refractivity contribution in [2.75, 3.05) is 26.7 Å². The van der Waals surface area contributed by atoms with Crippen LogP contribution in [0.25, 0.3) is 0 Å². The molecule has 2 fully saturated rings. The van der Waals surface area contributed by atoms with E-state index in [1.165, 1.54) is 24.8 Å². The molecule has 0 radical (unpaired) electrons. The maximum Gasteiger partial charge on any atom is 0.191 e. The van der Waals surface area contributed by atoms with Crippen LogP contribution in [0.1, 0.15) is 31.2 Å². The average molecular weight is 494 g/mol. The van der Waals surface area contributed by atoms with Gasteiger partial charge in [0, 0.05) is 36.6 Å². The van der Waals surface area contributed by atoms with Gasteiger partial charge in [0.15, 0.2) is 5.96 Å². The molecule has 128 valence electrons. The molecule has 1 aliphatic heterocycles. The van der Waals surface area contributed by atoms with Crippen LogP contribution < -0.4 is 10.6 Å². The molecule has 2 N–H and O–H groups in total. The van der Waals surface area contributed by atoms with Crippen LogP contribution in [-0.2, 0) is 10.2 Å². The third-order valence-electron chi connectivity index (χ3n) is 4.63. The highest BCUT2D eigenvalue weighted by Gasteiger charge is 2.44. The number of hydrogen-bond acceptors (Lipinski definition) is 2. The Bertz CT molecular complexity index is 542. The van der Waals surface area contributed by atoms with Crippen LogP contribution in [0.4, 0.5) is 0 Å². The van der Waals surface area contributed by atoms with Crippen LogP contribution in [-0.4, -0.2) is 38.8 Å². The summed E-state index contributed by atoms with van der Waals surface area (Å²) in [5, 5.41) is 6.86. The molecule has 6 heteroatoms. The molecule has 0 spiro atoms.